The summed E-state index contributed by atoms with van der Waals surface area (Å²) < 4.78 is 58.0. The van der Waals surface area contributed by atoms with Gasteiger partial charge < -0.3 is 10.1 Å². The van der Waals surface area contributed by atoms with Crippen molar-refractivity contribution >= 4 is 33.3 Å². The van der Waals surface area contributed by atoms with Gasteiger partial charge in [-0.3, -0.25) is 9.52 Å². The van der Waals surface area contributed by atoms with Crippen LogP contribution in [-0.4, -0.2) is 26.9 Å². The zero-order valence-electron chi connectivity index (χ0n) is 15.8. The molecule has 0 aromatic heterocycles. The van der Waals surface area contributed by atoms with Crippen molar-refractivity contribution in [2.75, 3.05) is 16.6 Å². The molecule has 0 heterocycles. The molecule has 0 saturated heterocycles. The van der Waals surface area contributed by atoms with E-state index < -0.39 is 40.1 Å². The first kappa shape index (κ1) is 21.9. The van der Waals surface area contributed by atoms with Crippen LogP contribution in [-0.2, 0) is 19.6 Å². The summed E-state index contributed by atoms with van der Waals surface area (Å²) in [6.45, 7) is -0.624. The molecular formula is C21H16F2N2O5S. The van der Waals surface area contributed by atoms with Crippen LogP contribution in [0.15, 0.2) is 77.7 Å². The second kappa shape index (κ2) is 9.35. The van der Waals surface area contributed by atoms with Gasteiger partial charge in [-0.2, -0.15) is 0 Å². The van der Waals surface area contributed by atoms with E-state index in [-0.39, 0.29) is 16.1 Å². The Balaban J connectivity index is 1.63. The Hall–Kier alpha value is -3.79. The monoisotopic (exact) mass is 446 g/mol. The molecule has 0 saturated carbocycles. The first-order chi connectivity index (χ1) is 14.7. The lowest BCUT2D eigenvalue weighted by atomic mass is 10.2. The number of ether oxygens (including phenoxy) is 1. The van der Waals surface area contributed by atoms with Crippen LogP contribution in [0.3, 0.4) is 0 Å². The summed E-state index contributed by atoms with van der Waals surface area (Å²) in [5, 5.41) is 2.43. The number of esters is 1. The maximum atomic E-state index is 13.0. The van der Waals surface area contributed by atoms with E-state index in [2.05, 4.69) is 10.0 Å². The highest BCUT2D eigenvalue weighted by atomic mass is 32.2. The van der Waals surface area contributed by atoms with Gasteiger partial charge in [0.1, 0.15) is 11.6 Å². The normalized spacial score (nSPS) is 10.9. The summed E-state index contributed by atoms with van der Waals surface area (Å²) in [7, 11) is -4.05. The van der Waals surface area contributed by atoms with Gasteiger partial charge in [0.2, 0.25) is 0 Å². The Labute approximate surface area is 176 Å². The van der Waals surface area contributed by atoms with E-state index in [1.807, 2.05) is 0 Å². The summed E-state index contributed by atoms with van der Waals surface area (Å²) in [6, 6.07) is 14.7. The molecule has 3 rings (SSSR count). The van der Waals surface area contributed by atoms with E-state index in [1.54, 1.807) is 0 Å². The third kappa shape index (κ3) is 6.09. The molecule has 0 aliphatic rings. The van der Waals surface area contributed by atoms with Gasteiger partial charge in [0, 0.05) is 11.4 Å². The van der Waals surface area contributed by atoms with Crippen molar-refractivity contribution in [3.63, 3.8) is 0 Å². The van der Waals surface area contributed by atoms with Crippen molar-refractivity contribution in [3.8, 4) is 0 Å². The molecule has 0 aliphatic heterocycles. The first-order valence-corrected chi connectivity index (χ1v) is 10.3. The number of hydrogen-bond acceptors (Lipinski definition) is 5. The van der Waals surface area contributed by atoms with E-state index in [0.717, 1.165) is 30.3 Å². The highest BCUT2D eigenvalue weighted by Crippen LogP contribution is 2.18. The van der Waals surface area contributed by atoms with E-state index >= 15 is 0 Å². The van der Waals surface area contributed by atoms with Crippen LogP contribution in [0.5, 0.6) is 0 Å². The molecule has 1 amide bonds. The fraction of sp³-hybridized carbons (Fsp3) is 0.0476. The number of nitrogens with one attached hydrogen (secondary N) is 2. The second-order valence-corrected chi connectivity index (χ2v) is 7.95. The minimum atomic E-state index is -4.05. The van der Waals surface area contributed by atoms with Crippen molar-refractivity contribution in [2.24, 2.45) is 0 Å². The Morgan fingerprint density at radius 1 is 0.839 bits per heavy atom. The lowest BCUT2D eigenvalue weighted by Gasteiger charge is -2.10. The SMILES string of the molecule is O=C(COC(=O)c1cccc(S(=O)(=O)Nc2ccc(F)cc2)c1)Nc1ccc(F)cc1. The average molecular weight is 446 g/mol. The number of anilines is 2. The van der Waals surface area contributed by atoms with Gasteiger partial charge >= 0.3 is 5.97 Å². The highest BCUT2D eigenvalue weighted by Gasteiger charge is 2.18. The maximum absolute atomic E-state index is 13.0. The van der Waals surface area contributed by atoms with Gasteiger partial charge in [-0.05, 0) is 66.7 Å². The minimum absolute atomic E-state index is 0.0865. The molecule has 0 radical (unpaired) electrons. The molecule has 3 aromatic carbocycles. The standard InChI is InChI=1S/C21H16F2N2O5S/c22-15-4-8-17(9-5-15)24-20(26)13-30-21(27)14-2-1-3-19(12-14)31(28,29)25-18-10-6-16(23)7-11-18/h1-12,25H,13H2,(H,24,26). The molecule has 0 fully saturated rings. The van der Waals surface area contributed by atoms with E-state index in [9.17, 15) is 26.8 Å². The smallest absolute Gasteiger partial charge is 0.338 e. The van der Waals surface area contributed by atoms with Crippen molar-refractivity contribution in [1.29, 1.82) is 0 Å². The molecule has 160 valence electrons. The van der Waals surface area contributed by atoms with Crippen LogP contribution in [0.25, 0.3) is 0 Å². The third-order valence-electron chi connectivity index (χ3n) is 3.94. The Morgan fingerprint density at radius 2 is 1.42 bits per heavy atom. The highest BCUT2D eigenvalue weighted by molar-refractivity contribution is 7.92. The molecule has 31 heavy (non-hydrogen) atoms. The number of carbonyl (C=O) groups excluding carboxylic acids is 2. The molecule has 10 heteroatoms. The predicted molar refractivity (Wildman–Crippen MR) is 109 cm³/mol. The van der Waals surface area contributed by atoms with Crippen LogP contribution in [0.2, 0.25) is 0 Å². The average Bonchev–Trinajstić information content (AvgIpc) is 2.75. The molecule has 7 nitrogen and oxygen atoms in total. The topological polar surface area (TPSA) is 102 Å². The van der Waals surface area contributed by atoms with Crippen LogP contribution in [0.1, 0.15) is 10.4 Å². The molecular weight excluding hydrogens is 430 g/mol. The van der Waals surface area contributed by atoms with Crippen LogP contribution in [0, 0.1) is 11.6 Å². The second-order valence-electron chi connectivity index (χ2n) is 6.27. The van der Waals surface area contributed by atoms with E-state index in [0.29, 0.717) is 5.69 Å². The predicted octanol–water partition coefficient (Wildman–Crippen LogP) is 3.56. The van der Waals surface area contributed by atoms with E-state index in [1.165, 1.54) is 42.5 Å². The van der Waals surface area contributed by atoms with Gasteiger partial charge in [0.15, 0.2) is 6.61 Å². The zero-order chi connectivity index (χ0) is 22.4. The van der Waals surface area contributed by atoms with Crippen molar-refractivity contribution in [3.05, 3.63) is 90.0 Å². The molecule has 3 aromatic rings. The summed E-state index contributed by atoms with van der Waals surface area (Å²) in [6.07, 6.45) is 0. The minimum Gasteiger partial charge on any atom is -0.452 e. The maximum Gasteiger partial charge on any atom is 0.338 e. The Kier molecular flexibility index (Phi) is 6.61. The lowest BCUT2D eigenvalue weighted by Crippen LogP contribution is -2.21. The molecule has 0 bridgehead atoms. The van der Waals surface area contributed by atoms with Crippen LogP contribution >= 0.6 is 0 Å². The largest absolute Gasteiger partial charge is 0.452 e. The van der Waals surface area contributed by atoms with Gasteiger partial charge in [-0.25, -0.2) is 22.0 Å². The van der Waals surface area contributed by atoms with Gasteiger partial charge in [-0.1, -0.05) is 6.07 Å². The first-order valence-electron chi connectivity index (χ1n) is 8.84. The number of rotatable bonds is 7. The number of halogens is 2. The Bertz CT molecular complexity index is 1200. The van der Waals surface area contributed by atoms with Crippen molar-refractivity contribution < 1.29 is 31.5 Å². The molecule has 0 unspecified atom stereocenters. The summed E-state index contributed by atoms with van der Waals surface area (Å²) in [5.74, 6) is -2.54. The number of benzene rings is 3. The molecule has 0 spiro atoms. The van der Waals surface area contributed by atoms with Crippen molar-refractivity contribution in [2.45, 2.75) is 4.90 Å². The molecule has 0 aliphatic carbocycles. The van der Waals surface area contributed by atoms with Crippen molar-refractivity contribution in [1.82, 2.24) is 0 Å². The van der Waals surface area contributed by atoms with Gasteiger partial charge in [0.05, 0.1) is 10.5 Å². The summed E-state index contributed by atoms with van der Waals surface area (Å²) >= 11 is 0. The zero-order valence-corrected chi connectivity index (χ0v) is 16.7. The number of sulfonamides is 1. The third-order valence-corrected chi connectivity index (χ3v) is 5.32. The fourth-order valence-corrected chi connectivity index (χ4v) is 3.57. The van der Waals surface area contributed by atoms with Gasteiger partial charge in [0.25, 0.3) is 15.9 Å². The Morgan fingerprint density at radius 3 is 2.03 bits per heavy atom. The molecule has 2 N–H and O–H groups in total. The summed E-state index contributed by atoms with van der Waals surface area (Å²) in [5.41, 5.74) is 0.380. The number of carbonyl (C=O) groups is 2. The summed E-state index contributed by atoms with van der Waals surface area (Å²) in [4.78, 5) is 23.9. The van der Waals surface area contributed by atoms with Crippen LogP contribution < -0.4 is 10.0 Å². The van der Waals surface area contributed by atoms with Gasteiger partial charge in [-0.15, -0.1) is 0 Å². The number of hydrogen-bond donors (Lipinski definition) is 2. The van der Waals surface area contributed by atoms with E-state index in [4.69, 9.17) is 4.74 Å². The number of amides is 1. The molecule has 0 atom stereocenters. The quantitative estimate of drug-likeness (QED) is 0.541. The lowest BCUT2D eigenvalue weighted by molar-refractivity contribution is -0.119. The van der Waals surface area contributed by atoms with Crippen LogP contribution in [0.4, 0.5) is 20.2 Å². The fourth-order valence-electron chi connectivity index (χ4n) is 2.47.